The van der Waals surface area contributed by atoms with Crippen molar-refractivity contribution in [3.05, 3.63) is 0 Å². The highest BCUT2D eigenvalue weighted by molar-refractivity contribution is 5.85. The number of amides is 2. The smallest absolute Gasteiger partial charge is 0.222 e. The molecule has 1 aliphatic rings. The molecule has 0 saturated carbocycles. The number of likely N-dealkylation sites (tertiary alicyclic amines) is 1. The first-order valence-corrected chi connectivity index (χ1v) is 8.42. The molecule has 0 atom stereocenters. The second-order valence-electron chi connectivity index (χ2n) is 5.84. The van der Waals surface area contributed by atoms with Crippen LogP contribution in [0.5, 0.6) is 0 Å². The zero-order chi connectivity index (χ0) is 15.5. The Morgan fingerprint density at radius 2 is 1.82 bits per heavy atom. The molecule has 1 rings (SSSR count). The number of nitrogens with zero attached hydrogens (tertiary/aromatic N) is 1. The van der Waals surface area contributed by atoms with E-state index < -0.39 is 0 Å². The highest BCUT2D eigenvalue weighted by Crippen LogP contribution is 2.17. The van der Waals surface area contributed by atoms with Crippen LogP contribution in [0.2, 0.25) is 0 Å². The average molecular weight is 334 g/mol. The summed E-state index contributed by atoms with van der Waals surface area (Å²) in [5.74, 6) is 0.975. The number of halogens is 1. The molecule has 1 aliphatic heterocycles. The normalized spacial score (nSPS) is 15.3. The van der Waals surface area contributed by atoms with E-state index in [1.165, 1.54) is 0 Å². The number of nitrogens with one attached hydrogen (secondary N) is 2. The van der Waals surface area contributed by atoms with E-state index in [1.54, 1.807) is 0 Å². The van der Waals surface area contributed by atoms with Gasteiger partial charge in [0, 0.05) is 32.5 Å². The molecule has 1 fully saturated rings. The van der Waals surface area contributed by atoms with Gasteiger partial charge in [-0.2, -0.15) is 0 Å². The van der Waals surface area contributed by atoms with E-state index >= 15 is 0 Å². The summed E-state index contributed by atoms with van der Waals surface area (Å²) < 4.78 is 0. The molecule has 0 aromatic heterocycles. The molecule has 5 nitrogen and oxygen atoms in total. The topological polar surface area (TPSA) is 61.4 Å². The third-order valence-electron chi connectivity index (χ3n) is 4.02. The Kier molecular flexibility index (Phi) is 12.2. The van der Waals surface area contributed by atoms with Crippen molar-refractivity contribution < 1.29 is 9.59 Å². The van der Waals surface area contributed by atoms with Gasteiger partial charge in [-0.15, -0.1) is 12.4 Å². The maximum atomic E-state index is 12.1. The van der Waals surface area contributed by atoms with Crippen molar-refractivity contribution in [3.8, 4) is 0 Å². The summed E-state index contributed by atoms with van der Waals surface area (Å²) in [5, 5.41) is 6.22. The number of carbonyl (C=O) groups excluding carboxylic acids is 2. The summed E-state index contributed by atoms with van der Waals surface area (Å²) in [6.07, 6.45) is 4.75. The molecule has 0 aliphatic carbocycles. The second-order valence-corrected chi connectivity index (χ2v) is 5.84. The molecular formula is C16H32ClN3O2. The van der Waals surface area contributed by atoms with E-state index in [4.69, 9.17) is 0 Å². The summed E-state index contributed by atoms with van der Waals surface area (Å²) in [5.41, 5.74) is 0. The molecule has 0 bridgehead atoms. The molecule has 0 unspecified atom stereocenters. The predicted molar refractivity (Wildman–Crippen MR) is 92.2 cm³/mol. The first-order chi connectivity index (χ1) is 10.2. The van der Waals surface area contributed by atoms with E-state index in [2.05, 4.69) is 17.6 Å². The van der Waals surface area contributed by atoms with Crippen molar-refractivity contribution in [1.82, 2.24) is 15.5 Å². The van der Waals surface area contributed by atoms with Crippen LogP contribution in [-0.4, -0.2) is 49.4 Å². The number of hydrogen-bond acceptors (Lipinski definition) is 3. The predicted octanol–water partition coefficient (Wildman–Crippen LogP) is 1.95. The summed E-state index contributed by atoms with van der Waals surface area (Å²) in [4.78, 5) is 25.5. The number of carbonyl (C=O) groups is 2. The molecule has 1 heterocycles. The lowest BCUT2D eigenvalue weighted by Crippen LogP contribution is -2.40. The van der Waals surface area contributed by atoms with Crippen LogP contribution in [0.15, 0.2) is 0 Å². The fourth-order valence-corrected chi connectivity index (χ4v) is 2.65. The summed E-state index contributed by atoms with van der Waals surface area (Å²) in [7, 11) is 0. The van der Waals surface area contributed by atoms with Crippen molar-refractivity contribution >= 4 is 24.2 Å². The van der Waals surface area contributed by atoms with E-state index in [9.17, 15) is 9.59 Å². The summed E-state index contributed by atoms with van der Waals surface area (Å²) >= 11 is 0. The molecule has 0 aromatic carbocycles. The minimum Gasteiger partial charge on any atom is -0.356 e. The van der Waals surface area contributed by atoms with Crippen molar-refractivity contribution in [1.29, 1.82) is 0 Å². The van der Waals surface area contributed by atoms with Gasteiger partial charge in [0.25, 0.3) is 0 Å². The van der Waals surface area contributed by atoms with Crippen LogP contribution in [-0.2, 0) is 9.59 Å². The van der Waals surface area contributed by atoms with Gasteiger partial charge in [0.2, 0.25) is 11.8 Å². The fraction of sp³-hybridized carbons (Fsp3) is 0.875. The molecule has 6 heteroatoms. The monoisotopic (exact) mass is 333 g/mol. The lowest BCUT2D eigenvalue weighted by Gasteiger charge is -2.32. The quantitative estimate of drug-likeness (QED) is 0.678. The van der Waals surface area contributed by atoms with Gasteiger partial charge in [-0.3, -0.25) is 9.59 Å². The molecular weight excluding hydrogens is 302 g/mol. The lowest BCUT2D eigenvalue weighted by molar-refractivity contribution is -0.132. The van der Waals surface area contributed by atoms with Crippen molar-refractivity contribution in [2.45, 2.75) is 52.4 Å². The van der Waals surface area contributed by atoms with Gasteiger partial charge in [0.05, 0.1) is 0 Å². The van der Waals surface area contributed by atoms with Crippen molar-refractivity contribution in [3.63, 3.8) is 0 Å². The van der Waals surface area contributed by atoms with Crippen molar-refractivity contribution in [2.75, 3.05) is 32.7 Å². The molecule has 0 spiro atoms. The number of rotatable bonds is 9. The maximum Gasteiger partial charge on any atom is 0.222 e. The number of piperidine rings is 1. The Balaban J connectivity index is 0.00000441. The Morgan fingerprint density at radius 3 is 2.41 bits per heavy atom. The van der Waals surface area contributed by atoms with Gasteiger partial charge in [0.15, 0.2) is 0 Å². The zero-order valence-corrected chi connectivity index (χ0v) is 14.8. The minimum atomic E-state index is 0. The first kappa shape index (κ1) is 21.2. The van der Waals surface area contributed by atoms with Crippen LogP contribution in [0, 0.1) is 5.92 Å². The van der Waals surface area contributed by atoms with Gasteiger partial charge >= 0.3 is 0 Å². The number of hydrogen-bond donors (Lipinski definition) is 2. The van der Waals surface area contributed by atoms with Crippen LogP contribution in [0.4, 0.5) is 0 Å². The minimum absolute atomic E-state index is 0. The Morgan fingerprint density at radius 1 is 1.14 bits per heavy atom. The summed E-state index contributed by atoms with van der Waals surface area (Å²) in [6, 6.07) is 0. The summed E-state index contributed by atoms with van der Waals surface area (Å²) in [6.45, 7) is 8.70. The van der Waals surface area contributed by atoms with Gasteiger partial charge < -0.3 is 15.5 Å². The highest BCUT2D eigenvalue weighted by atomic mass is 35.5. The molecule has 22 heavy (non-hydrogen) atoms. The van der Waals surface area contributed by atoms with Crippen LogP contribution in [0.25, 0.3) is 0 Å². The molecule has 0 radical (unpaired) electrons. The van der Waals surface area contributed by atoms with E-state index in [1.807, 2.05) is 11.8 Å². The third kappa shape index (κ3) is 8.59. The molecule has 1 saturated heterocycles. The van der Waals surface area contributed by atoms with Gasteiger partial charge in [-0.1, -0.05) is 13.8 Å². The zero-order valence-electron chi connectivity index (χ0n) is 14.0. The Bertz CT molecular complexity index is 319. The van der Waals surface area contributed by atoms with Crippen LogP contribution in [0.3, 0.4) is 0 Å². The third-order valence-corrected chi connectivity index (χ3v) is 4.02. The van der Waals surface area contributed by atoms with E-state index in [0.29, 0.717) is 25.2 Å². The SMILES string of the molecule is CCCNC(=O)CCCC(=O)N1CCC(CNCC)CC1.Cl. The van der Waals surface area contributed by atoms with Crippen molar-refractivity contribution in [2.24, 2.45) is 5.92 Å². The Hall–Kier alpha value is -0.810. The maximum absolute atomic E-state index is 12.1. The molecule has 2 amide bonds. The van der Waals surface area contributed by atoms with Gasteiger partial charge in [-0.25, -0.2) is 0 Å². The van der Waals surface area contributed by atoms with Gasteiger partial charge in [-0.05, 0) is 44.7 Å². The standard InChI is InChI=1S/C16H31N3O2.ClH/c1-3-10-18-15(20)6-5-7-16(21)19-11-8-14(9-12-19)13-17-4-2;/h14,17H,3-13H2,1-2H3,(H,18,20);1H. The first-order valence-electron chi connectivity index (χ1n) is 8.42. The van der Waals surface area contributed by atoms with E-state index in [0.717, 1.165) is 52.0 Å². The average Bonchev–Trinajstić information content (AvgIpc) is 2.51. The van der Waals surface area contributed by atoms with Crippen LogP contribution in [0.1, 0.15) is 52.4 Å². The van der Waals surface area contributed by atoms with E-state index in [-0.39, 0.29) is 24.2 Å². The second kappa shape index (κ2) is 12.7. The fourth-order valence-electron chi connectivity index (χ4n) is 2.65. The van der Waals surface area contributed by atoms with Crippen LogP contribution < -0.4 is 10.6 Å². The molecule has 0 aromatic rings. The molecule has 130 valence electrons. The highest BCUT2D eigenvalue weighted by Gasteiger charge is 2.22. The van der Waals surface area contributed by atoms with Gasteiger partial charge in [0.1, 0.15) is 0 Å². The lowest BCUT2D eigenvalue weighted by atomic mass is 9.96. The largest absolute Gasteiger partial charge is 0.356 e. The Labute approximate surface area is 141 Å². The van der Waals surface area contributed by atoms with Crippen LogP contribution >= 0.6 is 12.4 Å². The molecule has 2 N–H and O–H groups in total.